The van der Waals surface area contributed by atoms with Crippen molar-refractivity contribution in [2.24, 2.45) is 0 Å². The SMILES string of the molecule is CCCc1sc(C(=O)Nc2ccc(NC(=O)CCN3C(=O)CNC3=O)cc2)cc1CC. The van der Waals surface area contributed by atoms with E-state index in [4.69, 9.17) is 0 Å². The number of imide groups is 1. The van der Waals surface area contributed by atoms with E-state index in [1.54, 1.807) is 24.3 Å². The molecule has 1 aromatic heterocycles. The van der Waals surface area contributed by atoms with Crippen LogP contribution in [0.15, 0.2) is 30.3 Å². The summed E-state index contributed by atoms with van der Waals surface area (Å²) in [6.07, 6.45) is 2.94. The normalized spacial score (nSPS) is 13.3. The smallest absolute Gasteiger partial charge is 0.324 e. The van der Waals surface area contributed by atoms with Gasteiger partial charge in [0.2, 0.25) is 11.8 Å². The molecule has 0 spiro atoms. The van der Waals surface area contributed by atoms with Crippen LogP contribution in [0, 0.1) is 0 Å². The summed E-state index contributed by atoms with van der Waals surface area (Å²) in [6, 6.07) is 8.30. The number of amides is 5. The number of carbonyl (C=O) groups excluding carboxylic acids is 4. The van der Waals surface area contributed by atoms with Crippen LogP contribution in [0.3, 0.4) is 0 Å². The standard InChI is InChI=1S/C22H26N4O4S/c1-3-5-17-14(4-2)12-18(31-17)21(29)25-16-8-6-15(7-9-16)24-19(27)10-11-26-20(28)13-23-22(26)30/h6-9,12H,3-5,10-11,13H2,1-2H3,(H,23,30)(H,24,27)(H,25,29). The molecule has 5 amide bonds. The molecule has 2 heterocycles. The van der Waals surface area contributed by atoms with Crippen molar-refractivity contribution in [3.05, 3.63) is 45.6 Å². The number of thiophene rings is 1. The van der Waals surface area contributed by atoms with Crippen molar-refractivity contribution in [3.8, 4) is 0 Å². The first-order valence-electron chi connectivity index (χ1n) is 10.3. The van der Waals surface area contributed by atoms with Gasteiger partial charge in [0.1, 0.15) is 0 Å². The monoisotopic (exact) mass is 442 g/mol. The Morgan fingerprint density at radius 1 is 1.10 bits per heavy atom. The minimum absolute atomic E-state index is 0.00980. The number of nitrogens with zero attached hydrogens (tertiary/aromatic N) is 1. The fourth-order valence-corrected chi connectivity index (χ4v) is 4.52. The van der Waals surface area contributed by atoms with Crippen molar-refractivity contribution in [1.29, 1.82) is 0 Å². The molecule has 164 valence electrons. The second-order valence-electron chi connectivity index (χ2n) is 7.20. The predicted molar refractivity (Wildman–Crippen MR) is 120 cm³/mol. The Morgan fingerprint density at radius 2 is 1.77 bits per heavy atom. The van der Waals surface area contributed by atoms with Crippen LogP contribution in [-0.2, 0) is 22.4 Å². The van der Waals surface area contributed by atoms with Gasteiger partial charge in [-0.2, -0.15) is 0 Å². The summed E-state index contributed by atoms with van der Waals surface area (Å²) in [4.78, 5) is 50.7. The molecule has 0 aliphatic carbocycles. The van der Waals surface area contributed by atoms with E-state index in [2.05, 4.69) is 29.8 Å². The largest absolute Gasteiger partial charge is 0.329 e. The highest BCUT2D eigenvalue weighted by atomic mass is 32.1. The lowest BCUT2D eigenvalue weighted by Crippen LogP contribution is -2.33. The van der Waals surface area contributed by atoms with Crippen molar-refractivity contribution in [1.82, 2.24) is 10.2 Å². The van der Waals surface area contributed by atoms with Crippen LogP contribution in [0.25, 0.3) is 0 Å². The number of rotatable bonds is 9. The molecule has 1 aliphatic heterocycles. The third-order valence-electron chi connectivity index (χ3n) is 4.90. The Balaban J connectivity index is 1.52. The van der Waals surface area contributed by atoms with Gasteiger partial charge in [-0.25, -0.2) is 4.79 Å². The summed E-state index contributed by atoms with van der Waals surface area (Å²) < 4.78 is 0. The molecule has 31 heavy (non-hydrogen) atoms. The van der Waals surface area contributed by atoms with Crippen LogP contribution in [0.2, 0.25) is 0 Å². The summed E-state index contributed by atoms with van der Waals surface area (Å²) in [6.45, 7) is 4.22. The number of anilines is 2. The predicted octanol–water partition coefficient (Wildman–Crippen LogP) is 3.40. The van der Waals surface area contributed by atoms with Gasteiger partial charge in [0.25, 0.3) is 5.91 Å². The topological polar surface area (TPSA) is 108 Å². The summed E-state index contributed by atoms with van der Waals surface area (Å²) in [5.74, 6) is -0.790. The van der Waals surface area contributed by atoms with Crippen molar-refractivity contribution >= 4 is 46.5 Å². The first-order chi connectivity index (χ1) is 14.9. The van der Waals surface area contributed by atoms with Gasteiger partial charge in [0, 0.05) is 29.2 Å². The summed E-state index contributed by atoms with van der Waals surface area (Å²) >= 11 is 1.54. The number of nitrogens with one attached hydrogen (secondary N) is 3. The van der Waals surface area contributed by atoms with E-state index in [0.717, 1.165) is 24.2 Å². The highest BCUT2D eigenvalue weighted by Gasteiger charge is 2.28. The quantitative estimate of drug-likeness (QED) is 0.517. The van der Waals surface area contributed by atoms with E-state index in [1.807, 2.05) is 6.07 Å². The van der Waals surface area contributed by atoms with Crippen LogP contribution in [0.1, 0.15) is 46.8 Å². The minimum Gasteiger partial charge on any atom is -0.329 e. The molecule has 2 aromatic rings. The van der Waals surface area contributed by atoms with Crippen LogP contribution in [0.4, 0.5) is 16.2 Å². The van der Waals surface area contributed by atoms with E-state index in [0.29, 0.717) is 16.3 Å². The lowest BCUT2D eigenvalue weighted by atomic mass is 10.1. The molecule has 1 aliphatic rings. The second-order valence-corrected chi connectivity index (χ2v) is 8.33. The summed E-state index contributed by atoms with van der Waals surface area (Å²) in [5.41, 5.74) is 2.42. The molecule has 3 rings (SSSR count). The van der Waals surface area contributed by atoms with Gasteiger partial charge in [-0.15, -0.1) is 11.3 Å². The van der Waals surface area contributed by atoms with Crippen LogP contribution in [0.5, 0.6) is 0 Å². The van der Waals surface area contributed by atoms with Gasteiger partial charge >= 0.3 is 6.03 Å². The minimum atomic E-state index is -0.475. The van der Waals surface area contributed by atoms with E-state index < -0.39 is 6.03 Å². The zero-order chi connectivity index (χ0) is 22.4. The fraction of sp³-hybridized carbons (Fsp3) is 0.364. The Bertz CT molecular complexity index is 968. The first kappa shape index (κ1) is 22.5. The maximum absolute atomic E-state index is 12.6. The maximum Gasteiger partial charge on any atom is 0.324 e. The van der Waals surface area contributed by atoms with Crippen LogP contribution < -0.4 is 16.0 Å². The molecular formula is C22H26N4O4S. The molecule has 0 bridgehead atoms. The maximum atomic E-state index is 12.6. The second kappa shape index (κ2) is 10.2. The number of aryl methyl sites for hydroxylation is 2. The third kappa shape index (κ3) is 5.69. The summed E-state index contributed by atoms with van der Waals surface area (Å²) in [5, 5.41) is 8.02. The van der Waals surface area contributed by atoms with Gasteiger partial charge < -0.3 is 16.0 Å². The number of benzene rings is 1. The zero-order valence-corrected chi connectivity index (χ0v) is 18.4. The van der Waals surface area contributed by atoms with Crippen molar-refractivity contribution in [3.63, 3.8) is 0 Å². The first-order valence-corrected chi connectivity index (χ1v) is 11.1. The van der Waals surface area contributed by atoms with Crippen molar-refractivity contribution in [2.75, 3.05) is 23.7 Å². The zero-order valence-electron chi connectivity index (χ0n) is 17.6. The Labute approximate surface area is 185 Å². The molecule has 1 fully saturated rings. The number of hydrogen-bond donors (Lipinski definition) is 3. The van der Waals surface area contributed by atoms with Crippen LogP contribution in [-0.4, -0.2) is 41.7 Å². The Hall–Kier alpha value is -3.20. The van der Waals surface area contributed by atoms with E-state index in [1.165, 1.54) is 21.8 Å². The Morgan fingerprint density at radius 3 is 2.35 bits per heavy atom. The molecule has 0 radical (unpaired) electrons. The molecule has 8 nitrogen and oxygen atoms in total. The van der Waals surface area contributed by atoms with Gasteiger partial charge in [-0.3, -0.25) is 19.3 Å². The van der Waals surface area contributed by atoms with Crippen LogP contribution >= 0.6 is 11.3 Å². The van der Waals surface area contributed by atoms with E-state index in [9.17, 15) is 19.2 Å². The molecule has 0 atom stereocenters. The number of carbonyl (C=O) groups is 4. The molecule has 1 saturated heterocycles. The van der Waals surface area contributed by atoms with E-state index in [-0.39, 0.29) is 37.2 Å². The molecule has 3 N–H and O–H groups in total. The number of urea groups is 1. The molecule has 1 aromatic carbocycles. The fourth-order valence-electron chi connectivity index (χ4n) is 3.26. The van der Waals surface area contributed by atoms with Gasteiger partial charge in [-0.1, -0.05) is 20.3 Å². The van der Waals surface area contributed by atoms with Gasteiger partial charge in [0.15, 0.2) is 0 Å². The highest BCUT2D eigenvalue weighted by molar-refractivity contribution is 7.14. The molecular weight excluding hydrogens is 416 g/mol. The molecule has 0 unspecified atom stereocenters. The lowest BCUT2D eigenvalue weighted by molar-refractivity contribution is -0.125. The van der Waals surface area contributed by atoms with Gasteiger partial charge in [-0.05, 0) is 48.7 Å². The van der Waals surface area contributed by atoms with Crippen molar-refractivity contribution < 1.29 is 19.2 Å². The van der Waals surface area contributed by atoms with Crippen molar-refractivity contribution in [2.45, 2.75) is 39.5 Å². The molecule has 9 heteroatoms. The van der Waals surface area contributed by atoms with E-state index >= 15 is 0 Å². The lowest BCUT2D eigenvalue weighted by Gasteiger charge is -2.12. The van der Waals surface area contributed by atoms with Gasteiger partial charge in [0.05, 0.1) is 11.4 Å². The highest BCUT2D eigenvalue weighted by Crippen LogP contribution is 2.25. The average Bonchev–Trinajstić information content (AvgIpc) is 3.31. The number of hydrogen-bond acceptors (Lipinski definition) is 5. The average molecular weight is 443 g/mol. The third-order valence-corrected chi connectivity index (χ3v) is 6.14. The summed E-state index contributed by atoms with van der Waals surface area (Å²) in [7, 11) is 0. The Kier molecular flexibility index (Phi) is 7.41. The molecule has 0 saturated carbocycles.